The van der Waals surface area contributed by atoms with Gasteiger partial charge in [0.05, 0.1) is 6.10 Å². The molecule has 4 nitrogen and oxygen atoms in total. The molecule has 1 aliphatic heterocycles. The third-order valence-corrected chi connectivity index (χ3v) is 5.38. The first-order chi connectivity index (χ1) is 13.1. The standard InChI is InChI=1S/C23H30N2O2/c1-18-7-9-20(10-8-18)22(19-5-3-2-4-6-19)17-23(27)24-13-16-25-14-11-21(26)12-15-25/h2-10,21-22,26H,11-17H2,1H3,(H,24,27). The van der Waals surface area contributed by atoms with E-state index < -0.39 is 0 Å². The number of aryl methyl sites for hydroxylation is 1. The molecule has 0 bridgehead atoms. The quantitative estimate of drug-likeness (QED) is 0.792. The van der Waals surface area contributed by atoms with Gasteiger partial charge in [-0.15, -0.1) is 0 Å². The molecule has 1 atom stereocenters. The normalized spacial score (nSPS) is 16.8. The molecule has 4 heteroatoms. The highest BCUT2D eigenvalue weighted by atomic mass is 16.3. The van der Waals surface area contributed by atoms with Crippen LogP contribution in [0.15, 0.2) is 54.6 Å². The molecule has 1 saturated heterocycles. The van der Waals surface area contributed by atoms with Gasteiger partial charge in [-0.05, 0) is 30.9 Å². The Kier molecular flexibility index (Phi) is 7.02. The summed E-state index contributed by atoms with van der Waals surface area (Å²) in [6, 6.07) is 18.7. The van der Waals surface area contributed by atoms with E-state index >= 15 is 0 Å². The summed E-state index contributed by atoms with van der Waals surface area (Å²) in [5.74, 6) is 0.151. The van der Waals surface area contributed by atoms with Gasteiger partial charge in [0.2, 0.25) is 5.91 Å². The van der Waals surface area contributed by atoms with Crippen molar-refractivity contribution in [3.05, 3.63) is 71.3 Å². The van der Waals surface area contributed by atoms with Crippen LogP contribution in [0.4, 0.5) is 0 Å². The smallest absolute Gasteiger partial charge is 0.220 e. The summed E-state index contributed by atoms with van der Waals surface area (Å²) in [7, 11) is 0. The fourth-order valence-electron chi connectivity index (χ4n) is 3.67. The van der Waals surface area contributed by atoms with Crippen LogP contribution in [-0.2, 0) is 4.79 Å². The van der Waals surface area contributed by atoms with E-state index in [4.69, 9.17) is 0 Å². The molecule has 1 unspecified atom stereocenters. The number of aliphatic hydroxyl groups excluding tert-OH is 1. The zero-order chi connectivity index (χ0) is 19.1. The number of amides is 1. The van der Waals surface area contributed by atoms with E-state index in [0.29, 0.717) is 13.0 Å². The van der Waals surface area contributed by atoms with E-state index in [1.807, 2.05) is 18.2 Å². The van der Waals surface area contributed by atoms with Crippen molar-refractivity contribution in [2.75, 3.05) is 26.2 Å². The van der Waals surface area contributed by atoms with Gasteiger partial charge in [-0.1, -0.05) is 60.2 Å². The van der Waals surface area contributed by atoms with E-state index in [1.165, 1.54) is 16.7 Å². The molecule has 0 aromatic heterocycles. The van der Waals surface area contributed by atoms with Crippen molar-refractivity contribution in [3.8, 4) is 0 Å². The summed E-state index contributed by atoms with van der Waals surface area (Å²) < 4.78 is 0. The molecule has 144 valence electrons. The first-order valence-electron chi connectivity index (χ1n) is 9.90. The average Bonchev–Trinajstić information content (AvgIpc) is 2.69. The number of carbonyl (C=O) groups is 1. The molecule has 1 aliphatic rings. The van der Waals surface area contributed by atoms with Crippen LogP contribution in [0.5, 0.6) is 0 Å². The number of hydrogen-bond donors (Lipinski definition) is 2. The van der Waals surface area contributed by atoms with Gasteiger partial charge in [0.1, 0.15) is 0 Å². The highest BCUT2D eigenvalue weighted by molar-refractivity contribution is 5.77. The first kappa shape index (κ1) is 19.6. The van der Waals surface area contributed by atoms with Gasteiger partial charge in [0.25, 0.3) is 0 Å². The molecule has 1 heterocycles. The fraction of sp³-hybridized carbons (Fsp3) is 0.435. The summed E-state index contributed by atoms with van der Waals surface area (Å²) in [6.45, 7) is 5.40. The van der Waals surface area contributed by atoms with E-state index in [0.717, 1.165) is 32.5 Å². The molecule has 0 spiro atoms. The Hall–Kier alpha value is -2.17. The number of nitrogens with zero attached hydrogens (tertiary/aromatic N) is 1. The topological polar surface area (TPSA) is 52.6 Å². The Morgan fingerprint density at radius 1 is 1.07 bits per heavy atom. The molecule has 2 N–H and O–H groups in total. The number of likely N-dealkylation sites (tertiary alicyclic amines) is 1. The molecule has 1 amide bonds. The lowest BCUT2D eigenvalue weighted by molar-refractivity contribution is -0.121. The van der Waals surface area contributed by atoms with Crippen LogP contribution < -0.4 is 5.32 Å². The maximum Gasteiger partial charge on any atom is 0.220 e. The van der Waals surface area contributed by atoms with Gasteiger partial charge < -0.3 is 15.3 Å². The third-order valence-electron chi connectivity index (χ3n) is 5.38. The maximum atomic E-state index is 12.6. The summed E-state index contributed by atoms with van der Waals surface area (Å²) in [4.78, 5) is 14.9. The number of hydrogen-bond acceptors (Lipinski definition) is 3. The van der Waals surface area contributed by atoms with Crippen LogP contribution in [0.2, 0.25) is 0 Å². The van der Waals surface area contributed by atoms with E-state index in [-0.39, 0.29) is 17.9 Å². The highest BCUT2D eigenvalue weighted by Crippen LogP contribution is 2.28. The molecule has 0 aliphatic carbocycles. The minimum atomic E-state index is -0.156. The second-order valence-electron chi connectivity index (χ2n) is 7.50. The van der Waals surface area contributed by atoms with Gasteiger partial charge in [0, 0.05) is 38.5 Å². The molecule has 3 rings (SSSR count). The maximum absolute atomic E-state index is 12.6. The average molecular weight is 367 g/mol. The monoisotopic (exact) mass is 366 g/mol. The Bertz CT molecular complexity index is 707. The van der Waals surface area contributed by atoms with Crippen LogP contribution in [0.3, 0.4) is 0 Å². The zero-order valence-corrected chi connectivity index (χ0v) is 16.1. The minimum Gasteiger partial charge on any atom is -0.393 e. The summed E-state index contributed by atoms with van der Waals surface area (Å²) in [5.41, 5.74) is 3.56. The molecule has 2 aromatic rings. The Morgan fingerprint density at radius 3 is 2.37 bits per heavy atom. The van der Waals surface area contributed by atoms with Crippen molar-refractivity contribution >= 4 is 5.91 Å². The SMILES string of the molecule is Cc1ccc(C(CC(=O)NCCN2CCC(O)CC2)c2ccccc2)cc1. The van der Waals surface area contributed by atoms with Crippen molar-refractivity contribution in [1.29, 1.82) is 0 Å². The molecular formula is C23H30N2O2. The summed E-state index contributed by atoms with van der Waals surface area (Å²) in [6.07, 6.45) is 1.96. The summed E-state index contributed by atoms with van der Waals surface area (Å²) >= 11 is 0. The Balaban J connectivity index is 1.57. The number of carbonyl (C=O) groups excluding carboxylic acids is 1. The lowest BCUT2D eigenvalue weighted by Crippen LogP contribution is -2.41. The van der Waals surface area contributed by atoms with Crippen molar-refractivity contribution in [1.82, 2.24) is 10.2 Å². The lowest BCUT2D eigenvalue weighted by Gasteiger charge is -2.29. The van der Waals surface area contributed by atoms with Crippen LogP contribution in [-0.4, -0.2) is 48.2 Å². The van der Waals surface area contributed by atoms with Crippen molar-refractivity contribution in [3.63, 3.8) is 0 Å². The number of piperidine rings is 1. The van der Waals surface area contributed by atoms with Crippen LogP contribution >= 0.6 is 0 Å². The van der Waals surface area contributed by atoms with E-state index in [9.17, 15) is 9.90 Å². The van der Waals surface area contributed by atoms with Crippen LogP contribution in [0, 0.1) is 6.92 Å². The predicted molar refractivity (Wildman–Crippen MR) is 109 cm³/mol. The van der Waals surface area contributed by atoms with Gasteiger partial charge in [0.15, 0.2) is 0 Å². The second-order valence-corrected chi connectivity index (χ2v) is 7.50. The van der Waals surface area contributed by atoms with Gasteiger partial charge in [-0.2, -0.15) is 0 Å². The first-order valence-corrected chi connectivity index (χ1v) is 9.90. The van der Waals surface area contributed by atoms with E-state index in [2.05, 4.69) is 53.5 Å². The highest BCUT2D eigenvalue weighted by Gasteiger charge is 2.19. The zero-order valence-electron chi connectivity index (χ0n) is 16.1. The van der Waals surface area contributed by atoms with Gasteiger partial charge in [-0.25, -0.2) is 0 Å². The lowest BCUT2D eigenvalue weighted by atomic mass is 9.88. The largest absolute Gasteiger partial charge is 0.393 e. The fourth-order valence-corrected chi connectivity index (χ4v) is 3.67. The van der Waals surface area contributed by atoms with Gasteiger partial charge >= 0.3 is 0 Å². The molecule has 2 aromatic carbocycles. The second kappa shape index (κ2) is 9.67. The number of benzene rings is 2. The number of rotatable bonds is 7. The molecule has 27 heavy (non-hydrogen) atoms. The Morgan fingerprint density at radius 2 is 1.70 bits per heavy atom. The van der Waals surface area contributed by atoms with Gasteiger partial charge in [-0.3, -0.25) is 4.79 Å². The van der Waals surface area contributed by atoms with Crippen molar-refractivity contribution in [2.24, 2.45) is 0 Å². The van der Waals surface area contributed by atoms with Crippen LogP contribution in [0.1, 0.15) is 41.9 Å². The Labute approximate surface area is 162 Å². The molecule has 1 fully saturated rings. The van der Waals surface area contributed by atoms with Crippen molar-refractivity contribution in [2.45, 2.75) is 38.2 Å². The molecule has 0 radical (unpaired) electrons. The number of nitrogens with one attached hydrogen (secondary N) is 1. The third kappa shape index (κ3) is 5.91. The van der Waals surface area contributed by atoms with Crippen molar-refractivity contribution < 1.29 is 9.90 Å². The summed E-state index contributed by atoms with van der Waals surface area (Å²) in [5, 5.41) is 12.7. The molecular weight excluding hydrogens is 336 g/mol. The minimum absolute atomic E-state index is 0.0666. The van der Waals surface area contributed by atoms with Crippen LogP contribution in [0.25, 0.3) is 0 Å². The molecule has 0 saturated carbocycles. The number of aliphatic hydroxyl groups is 1. The van der Waals surface area contributed by atoms with E-state index in [1.54, 1.807) is 0 Å². The predicted octanol–water partition coefficient (Wildman–Crippen LogP) is 3.09.